The summed E-state index contributed by atoms with van der Waals surface area (Å²) in [6.45, 7) is 1.67. The maximum Gasteiger partial charge on any atom is 0.280 e. The maximum atomic E-state index is 11.4. The smallest absolute Gasteiger partial charge is 0.280 e. The fourth-order valence-corrected chi connectivity index (χ4v) is 1.87. The molecular weight excluding hydrogens is 272 g/mol. The van der Waals surface area contributed by atoms with Crippen molar-refractivity contribution in [2.24, 2.45) is 0 Å². The molecule has 0 spiro atoms. The molecule has 0 N–H and O–H groups in total. The van der Waals surface area contributed by atoms with Crippen molar-refractivity contribution in [1.82, 2.24) is 4.98 Å². The van der Waals surface area contributed by atoms with Gasteiger partial charge in [-0.05, 0) is 31.2 Å². The third-order valence-electron chi connectivity index (χ3n) is 2.90. The highest BCUT2D eigenvalue weighted by Crippen LogP contribution is 2.24. The number of hydrogen-bond acceptors (Lipinski definition) is 5. The van der Waals surface area contributed by atoms with E-state index in [-0.39, 0.29) is 17.0 Å². The maximum absolute atomic E-state index is 11.4. The van der Waals surface area contributed by atoms with Gasteiger partial charge in [-0.15, -0.1) is 0 Å². The lowest BCUT2D eigenvalue weighted by Crippen LogP contribution is -2.05. The zero-order valence-electron chi connectivity index (χ0n) is 11.5. The van der Waals surface area contributed by atoms with Gasteiger partial charge in [0.2, 0.25) is 0 Å². The molecular formula is C15H14N2O4. The zero-order valence-corrected chi connectivity index (χ0v) is 11.5. The molecule has 6 heteroatoms. The lowest BCUT2D eigenvalue weighted by molar-refractivity contribution is -0.385. The fraction of sp³-hybridized carbons (Fsp3) is 0.200. The Morgan fingerprint density at radius 2 is 2.14 bits per heavy atom. The number of nitrogens with zero attached hydrogens (tertiary/aromatic N) is 2. The molecule has 0 amide bonds. The van der Waals surface area contributed by atoms with Gasteiger partial charge in [0.1, 0.15) is 5.75 Å². The van der Waals surface area contributed by atoms with Crippen LogP contribution >= 0.6 is 0 Å². The first-order valence-electron chi connectivity index (χ1n) is 6.40. The van der Waals surface area contributed by atoms with E-state index in [2.05, 4.69) is 4.98 Å². The van der Waals surface area contributed by atoms with Crippen molar-refractivity contribution < 1.29 is 14.5 Å². The molecule has 0 fully saturated rings. The van der Waals surface area contributed by atoms with E-state index in [4.69, 9.17) is 4.74 Å². The van der Waals surface area contributed by atoms with Crippen molar-refractivity contribution in [3.05, 3.63) is 64.0 Å². The fourth-order valence-electron chi connectivity index (χ4n) is 1.87. The minimum absolute atomic E-state index is 0.0512. The average Bonchev–Trinajstić information content (AvgIpc) is 2.48. The first-order valence-corrected chi connectivity index (χ1v) is 6.40. The molecule has 21 heavy (non-hydrogen) atoms. The van der Waals surface area contributed by atoms with Crippen molar-refractivity contribution >= 4 is 11.5 Å². The van der Waals surface area contributed by atoms with Crippen LogP contribution in [0.4, 0.5) is 5.69 Å². The van der Waals surface area contributed by atoms with Gasteiger partial charge in [0.25, 0.3) is 5.69 Å². The Hall–Kier alpha value is -2.76. The van der Waals surface area contributed by atoms with Crippen molar-refractivity contribution in [2.75, 3.05) is 6.61 Å². The van der Waals surface area contributed by atoms with Crippen LogP contribution in [0, 0.1) is 10.1 Å². The van der Waals surface area contributed by atoms with E-state index in [1.54, 1.807) is 6.20 Å². The van der Waals surface area contributed by atoms with Gasteiger partial charge >= 0.3 is 0 Å². The highest BCUT2D eigenvalue weighted by molar-refractivity contribution is 5.98. The highest BCUT2D eigenvalue weighted by Gasteiger charge is 2.18. The topological polar surface area (TPSA) is 82.3 Å². The zero-order chi connectivity index (χ0) is 15.2. The molecule has 0 aliphatic carbocycles. The Bertz CT molecular complexity index is 656. The molecule has 2 rings (SSSR count). The van der Waals surface area contributed by atoms with Crippen molar-refractivity contribution in [2.45, 2.75) is 13.3 Å². The monoisotopic (exact) mass is 286 g/mol. The molecule has 1 heterocycles. The largest absolute Gasteiger partial charge is 0.493 e. The van der Waals surface area contributed by atoms with E-state index in [1.165, 1.54) is 25.1 Å². The predicted octanol–water partition coefficient (Wildman–Crippen LogP) is 2.81. The summed E-state index contributed by atoms with van der Waals surface area (Å²) in [5.74, 6) is 0.0682. The SMILES string of the molecule is CC(=O)c1cc(OCCc2ccccn2)ccc1[N+](=O)[O-]. The van der Waals surface area contributed by atoms with Crippen LogP contribution in [0.15, 0.2) is 42.6 Å². The molecule has 0 aliphatic heterocycles. The molecule has 0 saturated heterocycles. The molecule has 6 nitrogen and oxygen atoms in total. The van der Waals surface area contributed by atoms with Crippen LogP contribution in [0.1, 0.15) is 23.0 Å². The minimum atomic E-state index is -0.575. The predicted molar refractivity (Wildman–Crippen MR) is 76.5 cm³/mol. The summed E-state index contributed by atoms with van der Waals surface area (Å²) in [4.78, 5) is 25.9. The van der Waals surface area contributed by atoms with Gasteiger partial charge in [-0.25, -0.2) is 0 Å². The number of ether oxygens (including phenoxy) is 1. The second kappa shape index (κ2) is 6.60. The molecule has 0 unspecified atom stereocenters. The number of carbonyl (C=O) groups excluding carboxylic acids is 1. The number of carbonyl (C=O) groups is 1. The number of aromatic nitrogens is 1. The molecule has 0 saturated carbocycles. The van der Waals surface area contributed by atoms with Crippen LogP contribution in [0.3, 0.4) is 0 Å². The van der Waals surface area contributed by atoms with E-state index < -0.39 is 4.92 Å². The third-order valence-corrected chi connectivity index (χ3v) is 2.90. The number of benzene rings is 1. The summed E-state index contributed by atoms with van der Waals surface area (Å²) in [7, 11) is 0. The Balaban J connectivity index is 2.05. The summed E-state index contributed by atoms with van der Waals surface area (Å²) >= 11 is 0. The van der Waals surface area contributed by atoms with Crippen molar-refractivity contribution in [3.8, 4) is 5.75 Å². The number of Topliss-reactive ketones (excluding diaryl/α,β-unsaturated/α-hetero) is 1. The summed E-state index contributed by atoms with van der Waals surface area (Å²) < 4.78 is 5.52. The van der Waals surface area contributed by atoms with Gasteiger partial charge in [-0.3, -0.25) is 19.9 Å². The Morgan fingerprint density at radius 3 is 2.76 bits per heavy atom. The van der Waals surface area contributed by atoms with E-state index in [1.807, 2.05) is 18.2 Å². The molecule has 1 aromatic carbocycles. The van der Waals surface area contributed by atoms with Gasteiger partial charge in [-0.2, -0.15) is 0 Å². The third kappa shape index (κ3) is 3.85. The first-order chi connectivity index (χ1) is 10.1. The highest BCUT2D eigenvalue weighted by atomic mass is 16.6. The summed E-state index contributed by atoms with van der Waals surface area (Å²) in [6, 6.07) is 9.79. The van der Waals surface area contributed by atoms with Crippen LogP contribution in [0.5, 0.6) is 5.75 Å². The van der Waals surface area contributed by atoms with E-state index in [0.29, 0.717) is 18.8 Å². The second-order valence-electron chi connectivity index (χ2n) is 4.41. The molecule has 2 aromatic rings. The van der Waals surface area contributed by atoms with Crippen molar-refractivity contribution in [3.63, 3.8) is 0 Å². The Labute approximate surface area is 121 Å². The lowest BCUT2D eigenvalue weighted by atomic mass is 10.1. The average molecular weight is 286 g/mol. The summed E-state index contributed by atoms with van der Waals surface area (Å²) in [6.07, 6.45) is 2.32. The second-order valence-corrected chi connectivity index (χ2v) is 4.41. The molecule has 1 aromatic heterocycles. The lowest BCUT2D eigenvalue weighted by Gasteiger charge is -2.07. The van der Waals surface area contributed by atoms with E-state index >= 15 is 0 Å². The van der Waals surface area contributed by atoms with Crippen LogP contribution in [-0.4, -0.2) is 22.3 Å². The summed E-state index contributed by atoms with van der Waals surface area (Å²) in [5.41, 5.74) is 0.737. The van der Waals surface area contributed by atoms with Gasteiger partial charge in [0.05, 0.1) is 17.1 Å². The number of rotatable bonds is 6. The standard InChI is InChI=1S/C15H14N2O4/c1-11(18)14-10-13(5-6-15(14)17(19)20)21-9-7-12-4-2-3-8-16-12/h2-6,8,10H,7,9H2,1H3. The Morgan fingerprint density at radius 1 is 1.33 bits per heavy atom. The van der Waals surface area contributed by atoms with Gasteiger partial charge in [0.15, 0.2) is 5.78 Å². The van der Waals surface area contributed by atoms with Crippen LogP contribution < -0.4 is 4.74 Å². The molecule has 0 atom stereocenters. The van der Waals surface area contributed by atoms with Gasteiger partial charge in [0, 0.05) is 24.4 Å². The summed E-state index contributed by atoms with van der Waals surface area (Å²) in [5, 5.41) is 10.8. The number of ketones is 1. The van der Waals surface area contributed by atoms with Crippen LogP contribution in [0.2, 0.25) is 0 Å². The minimum Gasteiger partial charge on any atom is -0.493 e. The molecule has 0 bridgehead atoms. The van der Waals surface area contributed by atoms with E-state index in [9.17, 15) is 14.9 Å². The van der Waals surface area contributed by atoms with E-state index in [0.717, 1.165) is 5.69 Å². The van der Waals surface area contributed by atoms with Crippen LogP contribution in [0.25, 0.3) is 0 Å². The number of nitro benzene ring substituents is 1. The van der Waals surface area contributed by atoms with Crippen molar-refractivity contribution in [1.29, 1.82) is 0 Å². The normalized spacial score (nSPS) is 10.1. The molecule has 0 radical (unpaired) electrons. The molecule has 0 aliphatic rings. The number of hydrogen-bond donors (Lipinski definition) is 0. The number of nitro groups is 1. The number of pyridine rings is 1. The molecule has 108 valence electrons. The first kappa shape index (κ1) is 14.6. The van der Waals surface area contributed by atoms with Crippen LogP contribution in [-0.2, 0) is 6.42 Å². The van der Waals surface area contributed by atoms with Gasteiger partial charge in [-0.1, -0.05) is 6.07 Å². The Kier molecular flexibility index (Phi) is 4.61. The van der Waals surface area contributed by atoms with Gasteiger partial charge < -0.3 is 4.74 Å². The quantitative estimate of drug-likeness (QED) is 0.463.